The zero-order valence-corrected chi connectivity index (χ0v) is 33.7. The van der Waals surface area contributed by atoms with E-state index in [-0.39, 0.29) is 0 Å². The van der Waals surface area contributed by atoms with E-state index in [1.54, 1.807) is 0 Å². The number of hydrogen-bond acceptors (Lipinski definition) is 2. The van der Waals surface area contributed by atoms with Crippen LogP contribution in [0.2, 0.25) is 0 Å². The van der Waals surface area contributed by atoms with Crippen molar-refractivity contribution in [3.05, 3.63) is 251 Å². The molecular weight excluding hydrogens is 725 g/mol. The Labute approximate surface area is 354 Å². The molecule has 2 aliphatic rings. The zero-order valence-electron chi connectivity index (χ0n) is 33.7. The summed E-state index contributed by atoms with van der Waals surface area (Å²) < 4.78 is 0. The molecule has 0 amide bonds. The van der Waals surface area contributed by atoms with E-state index in [0.717, 1.165) is 48.4 Å². The van der Waals surface area contributed by atoms with Gasteiger partial charge in [0.15, 0.2) is 0 Å². The van der Waals surface area contributed by atoms with Gasteiger partial charge in [0.25, 0.3) is 0 Å². The summed E-state index contributed by atoms with van der Waals surface area (Å²) in [5.74, 6) is 0. The van der Waals surface area contributed by atoms with Gasteiger partial charge in [0.2, 0.25) is 0 Å². The Kier molecular flexibility index (Phi) is 10.3. The molecule has 0 aromatic heterocycles. The number of para-hydroxylation sites is 2. The molecule has 0 saturated heterocycles. The van der Waals surface area contributed by atoms with Crippen LogP contribution < -0.4 is 9.80 Å². The average molecular weight is 771 g/mol. The fourth-order valence-electron chi connectivity index (χ4n) is 8.89. The Morgan fingerprint density at radius 3 is 0.933 bits per heavy atom. The van der Waals surface area contributed by atoms with E-state index in [4.69, 9.17) is 0 Å². The molecule has 0 atom stereocenters. The summed E-state index contributed by atoms with van der Waals surface area (Å²) in [4.78, 5) is 4.78. The number of hydrogen-bond donors (Lipinski definition) is 0. The van der Waals surface area contributed by atoms with Crippen LogP contribution in [0.5, 0.6) is 0 Å². The lowest BCUT2D eigenvalue weighted by atomic mass is 9.75. The first-order valence-electron chi connectivity index (χ1n) is 21.1. The minimum atomic E-state index is 1.02. The van der Waals surface area contributed by atoms with E-state index < -0.39 is 0 Å². The summed E-state index contributed by atoms with van der Waals surface area (Å²) in [5, 5.41) is 0. The molecule has 0 radical (unpaired) electrons. The van der Waals surface area contributed by atoms with Crippen LogP contribution >= 0.6 is 0 Å². The van der Waals surface area contributed by atoms with E-state index >= 15 is 0 Å². The molecule has 60 heavy (non-hydrogen) atoms. The standard InChI is InChI=1S/C58H46N2/c1-5-13-43(14-6-1)21-23-45-25-31-51(32-26-45)59(49-17-9-3-10-18-49)53-35-39-55-47(41-53)29-37-58-56-40-36-54(42-48(56)30-38-57(55)58)60(50-19-11-4-12-20-50)52-33-27-46(28-34-52)24-22-44-15-7-2-8-16-44/h1-28,31-36,39-42H,29-30,37-38H2/b23-21+,24-22+. The van der Waals surface area contributed by atoms with E-state index in [0.29, 0.717) is 0 Å². The number of rotatable bonds is 10. The number of allylic oxidation sites excluding steroid dienone is 2. The summed E-state index contributed by atoms with van der Waals surface area (Å²) in [5.41, 5.74) is 20.5. The van der Waals surface area contributed by atoms with Gasteiger partial charge in [0.1, 0.15) is 0 Å². The first-order valence-corrected chi connectivity index (χ1v) is 21.1. The highest BCUT2D eigenvalue weighted by atomic mass is 15.1. The van der Waals surface area contributed by atoms with E-state index in [1.165, 1.54) is 67.0 Å². The largest absolute Gasteiger partial charge is 0.310 e. The van der Waals surface area contributed by atoms with Crippen LogP contribution in [-0.4, -0.2) is 0 Å². The third-order valence-corrected chi connectivity index (χ3v) is 11.9. The summed E-state index contributed by atoms with van der Waals surface area (Å²) >= 11 is 0. The fraction of sp³-hybridized carbons (Fsp3) is 0.0690. The molecule has 8 aromatic carbocycles. The monoisotopic (exact) mass is 770 g/mol. The van der Waals surface area contributed by atoms with Gasteiger partial charge in [-0.1, -0.05) is 158 Å². The molecular formula is C58H46N2. The minimum Gasteiger partial charge on any atom is -0.310 e. The Morgan fingerprint density at radius 1 is 0.267 bits per heavy atom. The van der Waals surface area contributed by atoms with E-state index in [1.807, 2.05) is 0 Å². The van der Waals surface area contributed by atoms with Crippen molar-refractivity contribution in [2.24, 2.45) is 0 Å². The first kappa shape index (κ1) is 36.9. The molecule has 0 unspecified atom stereocenters. The summed E-state index contributed by atoms with van der Waals surface area (Å²) in [6.45, 7) is 0. The Morgan fingerprint density at radius 2 is 0.567 bits per heavy atom. The predicted octanol–water partition coefficient (Wildman–Crippen LogP) is 15.8. The van der Waals surface area contributed by atoms with Gasteiger partial charge in [0, 0.05) is 34.1 Å². The summed E-state index contributed by atoms with van der Waals surface area (Å²) in [6, 6.07) is 74.5. The summed E-state index contributed by atoms with van der Waals surface area (Å²) in [7, 11) is 0. The van der Waals surface area contributed by atoms with Crippen LogP contribution in [0.4, 0.5) is 34.1 Å². The van der Waals surface area contributed by atoms with Crippen molar-refractivity contribution in [3.8, 4) is 0 Å². The molecule has 0 bridgehead atoms. The van der Waals surface area contributed by atoms with Gasteiger partial charge in [-0.15, -0.1) is 0 Å². The van der Waals surface area contributed by atoms with Gasteiger partial charge < -0.3 is 9.80 Å². The molecule has 0 N–H and O–H groups in total. The molecule has 2 heteroatoms. The molecule has 0 saturated carbocycles. The van der Waals surface area contributed by atoms with Crippen molar-refractivity contribution in [3.63, 3.8) is 0 Å². The van der Waals surface area contributed by atoms with Crippen molar-refractivity contribution in [2.75, 3.05) is 9.80 Å². The SMILES string of the molecule is C(=C\c1ccc(N(c2ccccc2)c2ccc3c(c2)CCC2=C3CCc3cc(N(c4ccccc4)c4ccc(/C=C/c5ccccc5)cc4)ccc32)cc1)/c1ccccc1. The van der Waals surface area contributed by atoms with Crippen LogP contribution in [0.1, 0.15) is 57.3 Å². The molecule has 2 nitrogen and oxygen atoms in total. The molecule has 0 spiro atoms. The third kappa shape index (κ3) is 7.76. The van der Waals surface area contributed by atoms with Crippen molar-refractivity contribution in [1.29, 1.82) is 0 Å². The lowest BCUT2D eigenvalue weighted by molar-refractivity contribution is 0.918. The quantitative estimate of drug-likeness (QED) is 0.128. The highest BCUT2D eigenvalue weighted by Gasteiger charge is 2.27. The Hall–Kier alpha value is -7.42. The lowest BCUT2D eigenvalue weighted by Crippen LogP contribution is -2.15. The van der Waals surface area contributed by atoms with E-state index in [9.17, 15) is 0 Å². The van der Waals surface area contributed by atoms with Crippen LogP contribution in [0.3, 0.4) is 0 Å². The highest BCUT2D eigenvalue weighted by molar-refractivity contribution is 5.97. The van der Waals surface area contributed by atoms with Crippen LogP contribution in [0.15, 0.2) is 206 Å². The second-order valence-corrected chi connectivity index (χ2v) is 15.7. The Bertz CT molecular complexity index is 2620. The fourth-order valence-corrected chi connectivity index (χ4v) is 8.89. The van der Waals surface area contributed by atoms with Gasteiger partial charge in [0.05, 0.1) is 0 Å². The van der Waals surface area contributed by atoms with Gasteiger partial charge in [-0.3, -0.25) is 0 Å². The van der Waals surface area contributed by atoms with Crippen molar-refractivity contribution >= 4 is 69.6 Å². The first-order chi connectivity index (χ1) is 29.7. The predicted molar refractivity (Wildman–Crippen MR) is 256 cm³/mol. The highest BCUT2D eigenvalue weighted by Crippen LogP contribution is 2.47. The van der Waals surface area contributed by atoms with Gasteiger partial charge >= 0.3 is 0 Å². The normalized spacial score (nSPS) is 13.2. The number of benzene rings is 8. The minimum absolute atomic E-state index is 1.02. The average Bonchev–Trinajstić information content (AvgIpc) is 3.32. The van der Waals surface area contributed by atoms with Gasteiger partial charge in [-0.2, -0.15) is 0 Å². The number of aryl methyl sites for hydroxylation is 2. The molecule has 0 heterocycles. The second kappa shape index (κ2) is 16.8. The van der Waals surface area contributed by atoms with Crippen molar-refractivity contribution < 1.29 is 0 Å². The zero-order chi connectivity index (χ0) is 40.1. The number of anilines is 6. The molecule has 0 aliphatic heterocycles. The van der Waals surface area contributed by atoms with Crippen LogP contribution in [0, 0.1) is 0 Å². The van der Waals surface area contributed by atoms with E-state index in [2.05, 4.69) is 240 Å². The number of fused-ring (bicyclic) bond motifs is 4. The maximum absolute atomic E-state index is 2.44. The second-order valence-electron chi connectivity index (χ2n) is 15.7. The third-order valence-electron chi connectivity index (χ3n) is 11.9. The Balaban J connectivity index is 0.937. The van der Waals surface area contributed by atoms with Crippen LogP contribution in [-0.2, 0) is 12.8 Å². The molecule has 8 aromatic rings. The molecule has 288 valence electrons. The van der Waals surface area contributed by atoms with Crippen LogP contribution in [0.25, 0.3) is 35.5 Å². The molecule has 2 aliphatic carbocycles. The molecule has 0 fully saturated rings. The maximum Gasteiger partial charge on any atom is 0.0464 e. The van der Waals surface area contributed by atoms with Gasteiger partial charge in [-0.05, 0) is 154 Å². The smallest absolute Gasteiger partial charge is 0.0464 e. The van der Waals surface area contributed by atoms with Gasteiger partial charge in [-0.25, -0.2) is 0 Å². The number of nitrogens with zero attached hydrogens (tertiary/aromatic N) is 2. The summed E-state index contributed by atoms with van der Waals surface area (Å²) in [6.07, 6.45) is 12.9. The topological polar surface area (TPSA) is 6.48 Å². The lowest BCUT2D eigenvalue weighted by Gasteiger charge is -2.32. The van der Waals surface area contributed by atoms with Crippen molar-refractivity contribution in [1.82, 2.24) is 0 Å². The maximum atomic E-state index is 2.44. The van der Waals surface area contributed by atoms with Crippen molar-refractivity contribution in [2.45, 2.75) is 25.7 Å². The molecule has 10 rings (SSSR count).